The molecule has 0 aliphatic carbocycles. The monoisotopic (exact) mass is 614 g/mol. The van der Waals surface area contributed by atoms with Gasteiger partial charge in [0.05, 0.1) is 34.6 Å². The van der Waals surface area contributed by atoms with Crippen LogP contribution in [0.25, 0.3) is 16.9 Å². The van der Waals surface area contributed by atoms with Crippen molar-refractivity contribution in [1.29, 1.82) is 0 Å². The first-order valence-corrected chi connectivity index (χ1v) is 13.1. The zero-order chi connectivity index (χ0) is 31.1. The predicted octanol–water partition coefficient (Wildman–Crippen LogP) is 4.62. The lowest BCUT2D eigenvalue weighted by atomic mass is 10.1. The zero-order valence-electron chi connectivity index (χ0n) is 22.6. The summed E-state index contributed by atoms with van der Waals surface area (Å²) in [6.45, 7) is 0.376. The molecule has 224 valence electrons. The van der Waals surface area contributed by atoms with Crippen LogP contribution in [-0.2, 0) is 23.9 Å². The SMILES string of the molecule is CNC(=O)c1ccc(Nc2nccn3c(-c4cn(Cc5cccc(CCN)c5)nc4C(F)(F)F)cnc23)cc1Cl.O=CO. The molecule has 1 amide bonds. The normalized spacial score (nSPS) is 11.1. The van der Waals surface area contributed by atoms with Crippen molar-refractivity contribution < 1.29 is 27.9 Å². The molecule has 0 atom stereocenters. The van der Waals surface area contributed by atoms with Crippen LogP contribution in [0, 0.1) is 0 Å². The van der Waals surface area contributed by atoms with Gasteiger partial charge in [-0.3, -0.25) is 18.7 Å². The van der Waals surface area contributed by atoms with Crippen molar-refractivity contribution in [3.05, 3.63) is 94.7 Å². The predicted molar refractivity (Wildman–Crippen MR) is 154 cm³/mol. The van der Waals surface area contributed by atoms with Crippen molar-refractivity contribution >= 4 is 41.1 Å². The number of carboxylic acid groups (broad SMARTS) is 1. The van der Waals surface area contributed by atoms with Gasteiger partial charge in [0.25, 0.3) is 12.4 Å². The Morgan fingerprint density at radius 3 is 2.58 bits per heavy atom. The second kappa shape index (κ2) is 13.4. The van der Waals surface area contributed by atoms with Gasteiger partial charge in [-0.1, -0.05) is 35.9 Å². The van der Waals surface area contributed by atoms with Crippen molar-refractivity contribution in [3.8, 4) is 11.3 Å². The van der Waals surface area contributed by atoms with Gasteiger partial charge in [0.2, 0.25) is 0 Å². The Kier molecular flexibility index (Phi) is 9.63. The molecule has 0 bridgehead atoms. The highest BCUT2D eigenvalue weighted by atomic mass is 35.5. The summed E-state index contributed by atoms with van der Waals surface area (Å²) in [5.41, 5.74) is 7.62. The molecule has 15 heteroatoms. The molecule has 3 heterocycles. The van der Waals surface area contributed by atoms with E-state index in [1.165, 1.54) is 40.9 Å². The number of hydrogen-bond donors (Lipinski definition) is 4. The van der Waals surface area contributed by atoms with E-state index >= 15 is 0 Å². The molecule has 3 aromatic heterocycles. The van der Waals surface area contributed by atoms with E-state index in [1.54, 1.807) is 18.2 Å². The van der Waals surface area contributed by atoms with Crippen LogP contribution >= 0.6 is 11.6 Å². The number of benzene rings is 2. The van der Waals surface area contributed by atoms with Gasteiger partial charge in [-0.05, 0) is 42.3 Å². The van der Waals surface area contributed by atoms with Crippen molar-refractivity contribution in [2.24, 2.45) is 5.73 Å². The number of alkyl halides is 3. The van der Waals surface area contributed by atoms with E-state index < -0.39 is 11.9 Å². The zero-order valence-corrected chi connectivity index (χ0v) is 23.4. The minimum atomic E-state index is -4.69. The Balaban J connectivity index is 0.00000135. The average Bonchev–Trinajstić information content (AvgIpc) is 3.58. The van der Waals surface area contributed by atoms with Crippen LogP contribution in [0.2, 0.25) is 5.02 Å². The highest BCUT2D eigenvalue weighted by Crippen LogP contribution is 2.37. The standard InChI is InChI=1S/C27H24ClF3N8O.CH2O2/c1-33-26(40)19-6-5-18(12-21(19)28)36-24-25-35-13-22(39(25)10-9-34-24)20-15-38(37-23(20)27(29,30)31)14-17-4-2-3-16(11-17)7-8-32;2-1-3/h2-6,9-13,15H,7-8,14,32H2,1H3,(H,33,40)(H,34,36);1H,(H,2,3). The van der Waals surface area contributed by atoms with Crippen LogP contribution < -0.4 is 16.4 Å². The molecular weight excluding hydrogens is 589 g/mol. The summed E-state index contributed by atoms with van der Waals surface area (Å²) in [4.78, 5) is 28.9. The van der Waals surface area contributed by atoms with Crippen LogP contribution in [0.1, 0.15) is 27.2 Å². The minimum Gasteiger partial charge on any atom is -0.483 e. The second-order valence-corrected chi connectivity index (χ2v) is 9.47. The number of carbonyl (C=O) groups excluding carboxylic acids is 1. The third kappa shape index (κ3) is 7.10. The molecule has 0 saturated heterocycles. The number of aromatic nitrogens is 5. The number of imidazole rings is 1. The summed E-state index contributed by atoms with van der Waals surface area (Å²) < 4.78 is 45.1. The maximum absolute atomic E-state index is 14.1. The quantitative estimate of drug-likeness (QED) is 0.185. The lowest BCUT2D eigenvalue weighted by Gasteiger charge is -2.10. The molecule has 11 nitrogen and oxygen atoms in total. The summed E-state index contributed by atoms with van der Waals surface area (Å²) in [5, 5.41) is 16.6. The number of anilines is 2. The van der Waals surface area contributed by atoms with Crippen molar-refractivity contribution in [2.45, 2.75) is 19.1 Å². The van der Waals surface area contributed by atoms with Gasteiger partial charge in [-0.15, -0.1) is 0 Å². The highest BCUT2D eigenvalue weighted by molar-refractivity contribution is 6.34. The number of fused-ring (bicyclic) bond motifs is 1. The number of nitrogens with two attached hydrogens (primary N) is 1. The maximum atomic E-state index is 14.1. The highest BCUT2D eigenvalue weighted by Gasteiger charge is 2.38. The fourth-order valence-corrected chi connectivity index (χ4v) is 4.66. The summed E-state index contributed by atoms with van der Waals surface area (Å²) in [5.74, 6) is -0.0471. The molecule has 0 spiro atoms. The third-order valence-corrected chi connectivity index (χ3v) is 6.52. The Morgan fingerprint density at radius 1 is 1.16 bits per heavy atom. The van der Waals surface area contributed by atoms with Crippen LogP contribution in [0.5, 0.6) is 0 Å². The number of nitrogens with zero attached hydrogens (tertiary/aromatic N) is 5. The number of halogens is 4. The van der Waals surface area contributed by atoms with Gasteiger partial charge < -0.3 is 21.5 Å². The van der Waals surface area contributed by atoms with Crippen molar-refractivity contribution in [1.82, 2.24) is 29.5 Å². The van der Waals surface area contributed by atoms with Crippen LogP contribution in [-0.4, -0.2) is 55.2 Å². The summed E-state index contributed by atoms with van der Waals surface area (Å²) in [6, 6.07) is 12.3. The lowest BCUT2D eigenvalue weighted by molar-refractivity contribution is -0.141. The third-order valence-electron chi connectivity index (χ3n) is 6.21. The average molecular weight is 615 g/mol. The molecule has 0 unspecified atom stereocenters. The molecule has 5 N–H and O–H groups in total. The van der Waals surface area contributed by atoms with E-state index in [0.717, 1.165) is 11.1 Å². The fourth-order valence-electron chi connectivity index (χ4n) is 4.39. The molecule has 5 rings (SSSR count). The number of hydrogen-bond acceptors (Lipinski definition) is 7. The smallest absolute Gasteiger partial charge is 0.435 e. The molecule has 5 aromatic rings. The van der Waals surface area contributed by atoms with Gasteiger partial charge >= 0.3 is 6.18 Å². The molecule has 0 aliphatic heterocycles. The number of carbonyl (C=O) groups is 2. The van der Waals surface area contributed by atoms with Gasteiger partial charge in [0, 0.05) is 31.3 Å². The summed E-state index contributed by atoms with van der Waals surface area (Å²) in [7, 11) is 1.50. The number of amides is 1. The summed E-state index contributed by atoms with van der Waals surface area (Å²) in [6.07, 6.45) is 1.67. The molecule has 0 saturated carbocycles. The fraction of sp³-hybridized carbons (Fsp3) is 0.179. The van der Waals surface area contributed by atoms with Gasteiger partial charge in [-0.2, -0.15) is 18.3 Å². The molecule has 0 radical (unpaired) electrons. The van der Waals surface area contributed by atoms with E-state index in [1.807, 2.05) is 24.3 Å². The first kappa shape index (κ1) is 31.0. The number of rotatable bonds is 8. The van der Waals surface area contributed by atoms with Gasteiger partial charge in [-0.25, -0.2) is 9.97 Å². The first-order chi connectivity index (χ1) is 20.6. The lowest BCUT2D eigenvalue weighted by Crippen LogP contribution is -2.18. The Labute approximate surface area is 248 Å². The van der Waals surface area contributed by atoms with E-state index in [0.29, 0.717) is 29.9 Å². The largest absolute Gasteiger partial charge is 0.483 e. The van der Waals surface area contributed by atoms with Crippen LogP contribution in [0.4, 0.5) is 24.7 Å². The Hall–Kier alpha value is -4.95. The molecule has 0 fully saturated rings. The Bertz CT molecular complexity index is 1750. The Morgan fingerprint density at radius 2 is 1.91 bits per heavy atom. The van der Waals surface area contributed by atoms with E-state index in [-0.39, 0.29) is 41.0 Å². The van der Waals surface area contributed by atoms with Crippen molar-refractivity contribution in [2.75, 3.05) is 18.9 Å². The van der Waals surface area contributed by atoms with Gasteiger partial charge in [0.1, 0.15) is 0 Å². The van der Waals surface area contributed by atoms with Crippen LogP contribution in [0.15, 0.2) is 67.3 Å². The van der Waals surface area contributed by atoms with E-state index in [4.69, 9.17) is 27.2 Å². The molecule has 0 aliphatic rings. The molecule has 43 heavy (non-hydrogen) atoms. The summed E-state index contributed by atoms with van der Waals surface area (Å²) >= 11 is 6.25. The van der Waals surface area contributed by atoms with E-state index in [9.17, 15) is 18.0 Å². The molecule has 2 aromatic carbocycles. The molecular formula is C28H26ClF3N8O3. The van der Waals surface area contributed by atoms with Crippen molar-refractivity contribution in [3.63, 3.8) is 0 Å². The van der Waals surface area contributed by atoms with Gasteiger partial charge in [0.15, 0.2) is 17.2 Å². The second-order valence-electron chi connectivity index (χ2n) is 9.06. The maximum Gasteiger partial charge on any atom is 0.435 e. The van der Waals surface area contributed by atoms with E-state index in [2.05, 4.69) is 25.7 Å². The van der Waals surface area contributed by atoms with Crippen LogP contribution in [0.3, 0.4) is 0 Å². The first-order valence-electron chi connectivity index (χ1n) is 12.7. The topological polar surface area (TPSA) is 152 Å². The number of nitrogens with one attached hydrogen (secondary N) is 2. The minimum absolute atomic E-state index is 0.117.